The molecule has 9 nitrogen and oxygen atoms in total. The van der Waals surface area contributed by atoms with Gasteiger partial charge in [0.05, 0.1) is 13.2 Å². The van der Waals surface area contributed by atoms with Crippen molar-refractivity contribution in [2.24, 2.45) is 0 Å². The van der Waals surface area contributed by atoms with Gasteiger partial charge in [0.2, 0.25) is 0 Å². The van der Waals surface area contributed by atoms with Gasteiger partial charge >= 0.3 is 6.09 Å². The van der Waals surface area contributed by atoms with Gasteiger partial charge in [0.15, 0.2) is 5.95 Å². The van der Waals surface area contributed by atoms with Gasteiger partial charge < -0.3 is 35.5 Å². The number of aliphatic hydroxyl groups excluding tert-OH is 1. The van der Waals surface area contributed by atoms with Gasteiger partial charge in [-0.3, -0.25) is 0 Å². The van der Waals surface area contributed by atoms with Gasteiger partial charge in [0.25, 0.3) is 0 Å². The predicted molar refractivity (Wildman–Crippen MR) is 99.8 cm³/mol. The van der Waals surface area contributed by atoms with Crippen LogP contribution in [0.25, 0.3) is 0 Å². The van der Waals surface area contributed by atoms with E-state index in [0.29, 0.717) is 32.0 Å². The molecule has 2 heterocycles. The van der Waals surface area contributed by atoms with Gasteiger partial charge in [-0.1, -0.05) is 12.1 Å². The van der Waals surface area contributed by atoms with Crippen LogP contribution in [0.1, 0.15) is 5.56 Å². The summed E-state index contributed by atoms with van der Waals surface area (Å²) in [6, 6.07) is 7.54. The number of carbonyl (C=O) groups is 1. The predicted octanol–water partition coefficient (Wildman–Crippen LogP) is 0.500. The minimum absolute atomic E-state index is 0.152. The molecule has 0 bridgehead atoms. The fraction of sp³-hybridized carbons (Fsp3) is 0.444. The van der Waals surface area contributed by atoms with E-state index in [2.05, 4.69) is 25.9 Å². The Morgan fingerprint density at radius 3 is 2.85 bits per heavy atom. The number of nitrogens with zero attached hydrogens (tertiary/aromatic N) is 1. The highest BCUT2D eigenvalue weighted by molar-refractivity contribution is 5.67. The van der Waals surface area contributed by atoms with Gasteiger partial charge in [-0.2, -0.15) is 0 Å². The third-order valence-corrected chi connectivity index (χ3v) is 4.41. The van der Waals surface area contributed by atoms with E-state index in [1.807, 2.05) is 24.3 Å². The number of nitrogens with one attached hydrogen (secondary N) is 4. The lowest BCUT2D eigenvalue weighted by molar-refractivity contribution is 0.0191. The highest BCUT2D eigenvalue weighted by Gasteiger charge is 2.37. The Hall–Kier alpha value is -2.78. The Balaban J connectivity index is 1.45. The zero-order valence-corrected chi connectivity index (χ0v) is 15.1. The monoisotopic (exact) mass is 375 g/mol. The molecular weight excluding hydrogens is 350 g/mol. The number of amides is 1. The number of benzene rings is 1. The number of hydrogen-bond donors (Lipinski definition) is 5. The minimum Gasteiger partial charge on any atom is -0.497 e. The van der Waals surface area contributed by atoms with Gasteiger partial charge in [0, 0.05) is 32.0 Å². The molecular formula is C18H25N5O4. The molecule has 1 aliphatic rings. The topological polar surface area (TPSA) is 121 Å². The number of methoxy groups -OCH3 is 1. The van der Waals surface area contributed by atoms with Crippen molar-refractivity contribution in [1.29, 1.82) is 0 Å². The average Bonchev–Trinajstić information content (AvgIpc) is 3.31. The molecule has 1 aromatic heterocycles. The average molecular weight is 375 g/mol. The number of rotatable bonds is 8. The summed E-state index contributed by atoms with van der Waals surface area (Å²) in [6.07, 6.45) is 2.09. The molecule has 1 saturated heterocycles. The molecule has 2 aromatic rings. The number of aromatic amines is 1. The molecule has 0 spiro atoms. The van der Waals surface area contributed by atoms with Crippen LogP contribution in [0.15, 0.2) is 36.7 Å². The molecule has 27 heavy (non-hydrogen) atoms. The number of anilines is 1. The summed E-state index contributed by atoms with van der Waals surface area (Å²) in [4.78, 5) is 19.0. The normalized spacial score (nSPS) is 21.6. The lowest BCUT2D eigenvalue weighted by atomic mass is 10.0. The molecule has 3 atom stereocenters. The number of H-pyrrole nitrogens is 1. The Morgan fingerprint density at radius 1 is 1.33 bits per heavy atom. The van der Waals surface area contributed by atoms with E-state index in [1.165, 1.54) is 0 Å². The van der Waals surface area contributed by atoms with Crippen LogP contribution < -0.4 is 20.7 Å². The van der Waals surface area contributed by atoms with E-state index in [4.69, 9.17) is 9.47 Å². The maximum atomic E-state index is 12.0. The van der Waals surface area contributed by atoms with Crippen LogP contribution in [0.2, 0.25) is 0 Å². The first-order chi connectivity index (χ1) is 13.2. The van der Waals surface area contributed by atoms with Gasteiger partial charge in [-0.05, 0) is 24.1 Å². The summed E-state index contributed by atoms with van der Waals surface area (Å²) >= 11 is 0. The van der Waals surface area contributed by atoms with Crippen LogP contribution in [0, 0.1) is 0 Å². The molecule has 3 rings (SSSR count). The molecule has 1 fully saturated rings. The van der Waals surface area contributed by atoms with Crippen molar-refractivity contribution in [1.82, 2.24) is 20.6 Å². The number of hydrogen-bond acceptors (Lipinski definition) is 7. The van der Waals surface area contributed by atoms with Crippen molar-refractivity contribution in [2.45, 2.75) is 24.7 Å². The highest BCUT2D eigenvalue weighted by Crippen LogP contribution is 2.19. The summed E-state index contributed by atoms with van der Waals surface area (Å²) in [5.74, 6) is 1.42. The van der Waals surface area contributed by atoms with Crippen LogP contribution in [-0.2, 0) is 11.2 Å². The number of aromatic nitrogens is 2. The number of aliphatic hydroxyl groups is 1. The number of alkyl carbamates (subject to hydrolysis) is 1. The second-order valence-corrected chi connectivity index (χ2v) is 6.30. The lowest BCUT2D eigenvalue weighted by Gasteiger charge is -2.22. The fourth-order valence-electron chi connectivity index (χ4n) is 3.01. The zero-order chi connectivity index (χ0) is 19.1. The minimum atomic E-state index is -0.736. The first-order valence-electron chi connectivity index (χ1n) is 8.88. The number of imidazole rings is 1. The lowest BCUT2D eigenvalue weighted by Crippen LogP contribution is -2.42. The van der Waals surface area contributed by atoms with Crippen molar-refractivity contribution < 1.29 is 19.4 Å². The Kier molecular flexibility index (Phi) is 6.50. The standard InChI is InChI=1S/C18H25N5O4/c1-26-13-4-2-12(3-5-13)10-14-16(15(24)11-23-14)27-18(25)22-9-8-21-17-19-6-7-20-17/h2-7,14-16,23-24H,8-11H2,1H3,(H,22,25)(H2,19,20,21)/t14-,15+,16+/m1/s1. The first-order valence-corrected chi connectivity index (χ1v) is 8.88. The zero-order valence-electron chi connectivity index (χ0n) is 15.1. The molecule has 0 unspecified atom stereocenters. The maximum Gasteiger partial charge on any atom is 0.407 e. The largest absolute Gasteiger partial charge is 0.497 e. The van der Waals surface area contributed by atoms with Crippen molar-refractivity contribution in [2.75, 3.05) is 32.1 Å². The fourth-order valence-corrected chi connectivity index (χ4v) is 3.01. The van der Waals surface area contributed by atoms with E-state index in [9.17, 15) is 9.90 Å². The molecule has 5 N–H and O–H groups in total. The second kappa shape index (κ2) is 9.24. The second-order valence-electron chi connectivity index (χ2n) is 6.30. The molecule has 9 heteroatoms. The van der Waals surface area contributed by atoms with Gasteiger partial charge in [-0.25, -0.2) is 9.78 Å². The number of carbonyl (C=O) groups excluding carboxylic acids is 1. The van der Waals surface area contributed by atoms with Gasteiger partial charge in [0.1, 0.15) is 18.0 Å². The van der Waals surface area contributed by atoms with Crippen molar-refractivity contribution in [3.63, 3.8) is 0 Å². The summed E-state index contributed by atoms with van der Waals surface area (Å²) in [6.45, 7) is 1.26. The van der Waals surface area contributed by atoms with E-state index in [-0.39, 0.29) is 6.04 Å². The first kappa shape index (κ1) is 19.0. The third-order valence-electron chi connectivity index (χ3n) is 4.41. The summed E-state index contributed by atoms with van der Waals surface area (Å²) < 4.78 is 10.6. The molecule has 0 aliphatic carbocycles. The van der Waals surface area contributed by atoms with Crippen LogP contribution in [0.4, 0.5) is 10.7 Å². The van der Waals surface area contributed by atoms with Crippen LogP contribution in [0.5, 0.6) is 5.75 Å². The van der Waals surface area contributed by atoms with E-state index < -0.39 is 18.3 Å². The number of β-amino-alcohol motifs (C(OH)–C–C–N with tert-alkyl or cyclic N) is 1. The molecule has 1 aromatic carbocycles. The quantitative estimate of drug-likeness (QED) is 0.426. The third kappa shape index (κ3) is 5.35. The Bertz CT molecular complexity index is 707. The van der Waals surface area contributed by atoms with E-state index in [1.54, 1.807) is 19.5 Å². The molecule has 0 radical (unpaired) electrons. The smallest absolute Gasteiger partial charge is 0.407 e. The molecule has 1 amide bonds. The summed E-state index contributed by atoms with van der Waals surface area (Å²) in [5, 5.41) is 19.1. The molecule has 0 saturated carbocycles. The summed E-state index contributed by atoms with van der Waals surface area (Å²) in [5.41, 5.74) is 1.07. The molecule has 146 valence electrons. The SMILES string of the molecule is COc1ccc(C[C@H]2NC[C@H](O)[C@H]2OC(=O)NCCNc2ncc[nH]2)cc1. The highest BCUT2D eigenvalue weighted by atomic mass is 16.6. The maximum absolute atomic E-state index is 12.0. The van der Waals surface area contributed by atoms with Crippen LogP contribution in [0.3, 0.4) is 0 Å². The van der Waals surface area contributed by atoms with Crippen LogP contribution in [-0.4, -0.2) is 66.2 Å². The summed E-state index contributed by atoms with van der Waals surface area (Å²) in [7, 11) is 1.62. The Morgan fingerprint density at radius 2 is 2.15 bits per heavy atom. The number of ether oxygens (including phenoxy) is 2. The van der Waals surface area contributed by atoms with E-state index in [0.717, 1.165) is 11.3 Å². The van der Waals surface area contributed by atoms with Crippen molar-refractivity contribution >= 4 is 12.0 Å². The Labute approximate surface area is 157 Å². The van der Waals surface area contributed by atoms with Crippen LogP contribution >= 0.6 is 0 Å². The van der Waals surface area contributed by atoms with Gasteiger partial charge in [-0.15, -0.1) is 0 Å². The van der Waals surface area contributed by atoms with Crippen molar-refractivity contribution in [3.05, 3.63) is 42.2 Å². The van der Waals surface area contributed by atoms with Crippen molar-refractivity contribution in [3.8, 4) is 5.75 Å². The molecule has 1 aliphatic heterocycles. The van der Waals surface area contributed by atoms with E-state index >= 15 is 0 Å².